The van der Waals surface area contributed by atoms with E-state index in [1.54, 1.807) is 0 Å². The van der Waals surface area contributed by atoms with Gasteiger partial charge >= 0.3 is 6.47 Å². The van der Waals surface area contributed by atoms with Crippen molar-refractivity contribution in [3.05, 3.63) is 6.07 Å². The van der Waals surface area contributed by atoms with E-state index in [9.17, 15) is 4.79 Å². The number of benzene rings is 1. The average Bonchev–Trinajstić information content (AvgIpc) is 2.11. The van der Waals surface area contributed by atoms with Crippen molar-refractivity contribution < 1.29 is 9.53 Å². The van der Waals surface area contributed by atoms with Crippen LogP contribution in [0.1, 0.15) is 0 Å². The van der Waals surface area contributed by atoms with Crippen molar-refractivity contribution in [2.24, 2.45) is 0 Å². The van der Waals surface area contributed by atoms with E-state index in [4.69, 9.17) is 0 Å². The standard InChI is InChI=1S/C7H5O2S4/c8-2-9-3-1-4(10)6(12)7(13)5(3)11/h1,10-13H. The molecular weight excluding hydrogens is 244 g/mol. The SMILES string of the molecule is O=[C]Oc1cc(S)c(S)c(S)c1S. The van der Waals surface area contributed by atoms with E-state index in [-0.39, 0.29) is 5.75 Å². The molecule has 6 heteroatoms. The van der Waals surface area contributed by atoms with E-state index >= 15 is 0 Å². The molecular formula is C7H5O2S4. The third kappa shape index (κ3) is 2.31. The Hall–Kier alpha value is 0.0900. The molecule has 0 atom stereocenters. The van der Waals surface area contributed by atoms with Crippen LogP contribution in [0.3, 0.4) is 0 Å². The molecule has 1 aromatic rings. The molecule has 0 aliphatic rings. The summed E-state index contributed by atoms with van der Waals surface area (Å²) in [7, 11) is 0. The maximum absolute atomic E-state index is 9.98. The highest BCUT2D eigenvalue weighted by Gasteiger charge is 2.10. The van der Waals surface area contributed by atoms with Crippen molar-refractivity contribution >= 4 is 57.0 Å². The second-order valence-corrected chi connectivity index (χ2v) is 3.95. The first kappa shape index (κ1) is 11.2. The van der Waals surface area contributed by atoms with Crippen LogP contribution in [0.2, 0.25) is 0 Å². The maximum atomic E-state index is 9.98. The van der Waals surface area contributed by atoms with E-state index < -0.39 is 0 Å². The Labute approximate surface area is 97.7 Å². The summed E-state index contributed by atoms with van der Waals surface area (Å²) >= 11 is 16.5. The van der Waals surface area contributed by atoms with Gasteiger partial charge < -0.3 is 4.74 Å². The first-order valence-corrected chi connectivity index (χ1v) is 4.87. The van der Waals surface area contributed by atoms with Crippen molar-refractivity contribution in [3.8, 4) is 5.75 Å². The van der Waals surface area contributed by atoms with Crippen LogP contribution in [0.4, 0.5) is 0 Å². The predicted octanol–water partition coefficient (Wildman–Crippen LogP) is 2.29. The molecule has 0 saturated heterocycles. The quantitative estimate of drug-likeness (QED) is 0.605. The zero-order valence-corrected chi connectivity index (χ0v) is 9.76. The second kappa shape index (κ2) is 4.54. The third-order valence-corrected chi connectivity index (χ3v) is 3.58. The van der Waals surface area contributed by atoms with Gasteiger partial charge in [0, 0.05) is 14.7 Å². The molecule has 0 saturated carbocycles. The highest BCUT2D eigenvalue weighted by Crippen LogP contribution is 2.37. The van der Waals surface area contributed by atoms with Gasteiger partial charge in [0.05, 0.1) is 4.90 Å². The van der Waals surface area contributed by atoms with Gasteiger partial charge in [0.1, 0.15) is 5.75 Å². The Morgan fingerprint density at radius 2 is 1.69 bits per heavy atom. The highest BCUT2D eigenvalue weighted by molar-refractivity contribution is 7.86. The molecule has 0 heterocycles. The van der Waals surface area contributed by atoms with Crippen LogP contribution in [-0.2, 0) is 4.79 Å². The van der Waals surface area contributed by atoms with Crippen LogP contribution in [0, 0.1) is 0 Å². The fourth-order valence-electron chi connectivity index (χ4n) is 0.734. The molecule has 0 bridgehead atoms. The summed E-state index contributed by atoms with van der Waals surface area (Å²) in [6.07, 6.45) is 0. The summed E-state index contributed by atoms with van der Waals surface area (Å²) in [5.74, 6) is 0.270. The first-order valence-electron chi connectivity index (χ1n) is 3.08. The van der Waals surface area contributed by atoms with Gasteiger partial charge in [0.15, 0.2) is 0 Å². The first-order chi connectivity index (χ1) is 6.07. The fraction of sp³-hybridized carbons (Fsp3) is 0. The van der Waals surface area contributed by atoms with Crippen molar-refractivity contribution in [3.63, 3.8) is 0 Å². The van der Waals surface area contributed by atoms with Crippen LogP contribution in [0.5, 0.6) is 5.75 Å². The molecule has 69 valence electrons. The van der Waals surface area contributed by atoms with Crippen molar-refractivity contribution in [2.75, 3.05) is 0 Å². The van der Waals surface area contributed by atoms with E-state index in [2.05, 4.69) is 55.3 Å². The van der Waals surface area contributed by atoms with Gasteiger partial charge in [-0.3, -0.25) is 0 Å². The van der Waals surface area contributed by atoms with Crippen LogP contribution in [-0.4, -0.2) is 6.47 Å². The molecule has 0 unspecified atom stereocenters. The normalized spacial score (nSPS) is 9.85. The number of rotatable bonds is 2. The van der Waals surface area contributed by atoms with E-state index in [1.165, 1.54) is 12.5 Å². The molecule has 0 fully saturated rings. The summed E-state index contributed by atoms with van der Waals surface area (Å²) in [5.41, 5.74) is 0. The van der Waals surface area contributed by atoms with Gasteiger partial charge in [-0.05, 0) is 6.07 Å². The zero-order valence-electron chi connectivity index (χ0n) is 6.18. The Morgan fingerprint density at radius 1 is 1.08 bits per heavy atom. The number of hydrogen-bond donors (Lipinski definition) is 4. The molecule has 1 radical (unpaired) electrons. The van der Waals surface area contributed by atoms with Crippen molar-refractivity contribution in [1.82, 2.24) is 0 Å². The predicted molar refractivity (Wildman–Crippen MR) is 61.8 cm³/mol. The van der Waals surface area contributed by atoms with Crippen molar-refractivity contribution in [1.29, 1.82) is 0 Å². The smallest absolute Gasteiger partial charge is 0.417 e. The molecule has 0 N–H and O–H groups in total. The van der Waals surface area contributed by atoms with Gasteiger partial charge in [-0.15, -0.1) is 50.5 Å². The van der Waals surface area contributed by atoms with Crippen LogP contribution >= 0.6 is 50.5 Å². The Kier molecular flexibility index (Phi) is 3.90. The number of thiol groups is 4. The second-order valence-electron chi connectivity index (χ2n) is 2.13. The Bertz CT molecular complexity index is 351. The van der Waals surface area contributed by atoms with E-state index in [0.29, 0.717) is 19.6 Å². The van der Waals surface area contributed by atoms with Crippen LogP contribution in [0.15, 0.2) is 25.6 Å². The lowest BCUT2D eigenvalue weighted by molar-refractivity contribution is 0.434. The third-order valence-electron chi connectivity index (χ3n) is 1.34. The summed E-state index contributed by atoms with van der Waals surface area (Å²) in [6, 6.07) is 1.53. The lowest BCUT2D eigenvalue weighted by Crippen LogP contribution is -1.92. The molecule has 13 heavy (non-hydrogen) atoms. The molecule has 1 rings (SSSR count). The number of hydrogen-bond acceptors (Lipinski definition) is 6. The Morgan fingerprint density at radius 3 is 2.23 bits per heavy atom. The summed E-state index contributed by atoms with van der Waals surface area (Å²) in [4.78, 5) is 12.1. The molecule has 0 spiro atoms. The van der Waals surface area contributed by atoms with Crippen LogP contribution < -0.4 is 4.74 Å². The van der Waals surface area contributed by atoms with Gasteiger partial charge in [0.25, 0.3) is 0 Å². The zero-order chi connectivity index (χ0) is 10.0. The Balaban J connectivity index is 3.31. The molecule has 2 nitrogen and oxygen atoms in total. The highest BCUT2D eigenvalue weighted by atomic mass is 32.1. The minimum atomic E-state index is 0.270. The number of carbonyl (C=O) groups excluding carboxylic acids is 1. The molecule has 0 aliphatic carbocycles. The molecule has 0 amide bonds. The maximum Gasteiger partial charge on any atom is 0.423 e. The molecule has 1 aromatic carbocycles. The summed E-state index contributed by atoms with van der Waals surface area (Å²) in [6.45, 7) is 1.31. The van der Waals surface area contributed by atoms with Gasteiger partial charge in [-0.2, -0.15) is 0 Å². The summed E-state index contributed by atoms with van der Waals surface area (Å²) < 4.78 is 4.54. The lowest BCUT2D eigenvalue weighted by Gasteiger charge is -2.08. The van der Waals surface area contributed by atoms with Crippen LogP contribution in [0.25, 0.3) is 0 Å². The largest absolute Gasteiger partial charge is 0.423 e. The summed E-state index contributed by atoms with van der Waals surface area (Å²) in [5, 5.41) is 0. The van der Waals surface area contributed by atoms with Gasteiger partial charge in [0.2, 0.25) is 0 Å². The van der Waals surface area contributed by atoms with Crippen molar-refractivity contribution in [2.45, 2.75) is 19.6 Å². The van der Waals surface area contributed by atoms with Gasteiger partial charge in [-0.25, -0.2) is 4.79 Å². The van der Waals surface area contributed by atoms with E-state index in [1.807, 2.05) is 0 Å². The van der Waals surface area contributed by atoms with Gasteiger partial charge in [-0.1, -0.05) is 0 Å². The van der Waals surface area contributed by atoms with E-state index in [0.717, 1.165) is 0 Å². The average molecular weight is 249 g/mol. The fourth-order valence-corrected chi connectivity index (χ4v) is 1.77. The minimum absolute atomic E-state index is 0.270. The monoisotopic (exact) mass is 249 g/mol. The number of ether oxygens (including phenoxy) is 1. The topological polar surface area (TPSA) is 26.3 Å². The molecule has 0 aromatic heterocycles. The lowest BCUT2D eigenvalue weighted by atomic mass is 10.3. The molecule has 0 aliphatic heterocycles. The minimum Gasteiger partial charge on any atom is -0.417 e.